The number of carbonyl (C=O) groups is 1. The normalized spacial score (nSPS) is 11.6. The summed E-state index contributed by atoms with van der Waals surface area (Å²) in [6, 6.07) is 5.90. The number of nitrogens with zero attached hydrogens (tertiary/aromatic N) is 1. The van der Waals surface area contributed by atoms with Crippen LogP contribution in [0.4, 0.5) is 13.2 Å². The average molecular weight is 396 g/mol. The van der Waals surface area contributed by atoms with E-state index in [1.54, 1.807) is 6.07 Å². The number of aromatic nitrogens is 1. The molecule has 0 atom stereocenters. The molecule has 2 rings (SSSR count). The number of pyridine rings is 1. The first-order chi connectivity index (χ1) is 12.8. The lowest BCUT2D eigenvalue weighted by Gasteiger charge is -2.17. The van der Waals surface area contributed by atoms with Crippen molar-refractivity contribution in [1.82, 2.24) is 10.3 Å². The van der Waals surface area contributed by atoms with Crippen LogP contribution in [-0.2, 0) is 5.92 Å². The number of amides is 1. The summed E-state index contributed by atoms with van der Waals surface area (Å²) in [6.07, 6.45) is 3.43. The molecule has 0 unspecified atom stereocenters. The highest BCUT2D eigenvalue weighted by Gasteiger charge is 2.31. The molecule has 0 fully saturated rings. The van der Waals surface area contributed by atoms with Crippen LogP contribution in [0, 0.1) is 11.7 Å². The topological polar surface area (TPSA) is 42.0 Å². The highest BCUT2D eigenvalue weighted by Crippen LogP contribution is 2.34. The van der Waals surface area contributed by atoms with Crippen LogP contribution in [0.5, 0.6) is 0 Å². The Labute approximate surface area is 161 Å². The molecule has 0 aliphatic carbocycles. The van der Waals surface area contributed by atoms with E-state index in [2.05, 4.69) is 24.1 Å². The van der Waals surface area contributed by atoms with Crippen LogP contribution in [0.1, 0.15) is 42.6 Å². The van der Waals surface area contributed by atoms with E-state index in [1.807, 2.05) is 0 Å². The van der Waals surface area contributed by atoms with Crippen molar-refractivity contribution in [3.8, 4) is 0 Å². The first-order valence-corrected chi connectivity index (χ1v) is 9.77. The lowest BCUT2D eigenvalue weighted by molar-refractivity contribution is -0.00706. The Morgan fingerprint density at radius 1 is 1.22 bits per heavy atom. The van der Waals surface area contributed by atoms with Gasteiger partial charge in [-0.05, 0) is 30.5 Å². The van der Waals surface area contributed by atoms with E-state index in [1.165, 1.54) is 24.2 Å². The van der Waals surface area contributed by atoms with Gasteiger partial charge in [-0.1, -0.05) is 26.0 Å². The number of hydrogen-bond donors (Lipinski definition) is 1. The van der Waals surface area contributed by atoms with Gasteiger partial charge < -0.3 is 5.32 Å². The zero-order chi connectivity index (χ0) is 19.9. The third-order valence-electron chi connectivity index (χ3n) is 3.97. The Bertz CT molecular complexity index is 751. The second-order valence-electron chi connectivity index (χ2n) is 6.62. The number of rotatable bonds is 9. The van der Waals surface area contributed by atoms with Gasteiger partial charge in [0.15, 0.2) is 0 Å². The van der Waals surface area contributed by atoms with Crippen molar-refractivity contribution in [2.45, 2.75) is 37.5 Å². The van der Waals surface area contributed by atoms with Crippen LogP contribution >= 0.6 is 11.8 Å². The van der Waals surface area contributed by atoms with Crippen LogP contribution in [0.25, 0.3) is 0 Å². The molecule has 0 radical (unpaired) electrons. The van der Waals surface area contributed by atoms with Crippen LogP contribution in [0.3, 0.4) is 0 Å². The zero-order valence-corrected chi connectivity index (χ0v) is 16.2. The van der Waals surface area contributed by atoms with E-state index in [4.69, 9.17) is 0 Å². The molecule has 0 saturated carbocycles. The molecular formula is C20H23F3N2OS. The summed E-state index contributed by atoms with van der Waals surface area (Å²) in [4.78, 5) is 16.9. The fourth-order valence-corrected chi connectivity index (χ4v) is 3.41. The number of nitrogens with one attached hydrogen (secondary N) is 1. The van der Waals surface area contributed by atoms with E-state index in [0.717, 1.165) is 30.7 Å². The molecule has 1 heterocycles. The van der Waals surface area contributed by atoms with Crippen molar-refractivity contribution in [3.05, 3.63) is 59.7 Å². The SMILES string of the molecule is CC(C)CCNC(=O)c1cnccc1SCCC(F)(F)c1ccc(F)cc1. The quantitative estimate of drug-likeness (QED) is 0.587. The fraction of sp³-hybridized carbons (Fsp3) is 0.400. The van der Waals surface area contributed by atoms with Crippen molar-refractivity contribution >= 4 is 17.7 Å². The van der Waals surface area contributed by atoms with E-state index in [9.17, 15) is 18.0 Å². The van der Waals surface area contributed by atoms with Gasteiger partial charge in [-0.15, -0.1) is 11.8 Å². The third kappa shape index (κ3) is 6.57. The predicted octanol–water partition coefficient (Wildman–Crippen LogP) is 5.27. The van der Waals surface area contributed by atoms with Gasteiger partial charge >= 0.3 is 0 Å². The second kappa shape index (κ2) is 9.78. The molecule has 3 nitrogen and oxygen atoms in total. The molecule has 0 aliphatic heterocycles. The van der Waals surface area contributed by atoms with Gasteiger partial charge in [-0.3, -0.25) is 9.78 Å². The van der Waals surface area contributed by atoms with Gasteiger partial charge in [0.05, 0.1) is 5.56 Å². The molecule has 27 heavy (non-hydrogen) atoms. The summed E-state index contributed by atoms with van der Waals surface area (Å²) >= 11 is 1.18. The maximum Gasteiger partial charge on any atom is 0.274 e. The Balaban J connectivity index is 1.95. The third-order valence-corrected chi connectivity index (χ3v) is 5.05. The number of alkyl halides is 2. The van der Waals surface area contributed by atoms with Gasteiger partial charge in [-0.2, -0.15) is 0 Å². The average Bonchev–Trinajstić information content (AvgIpc) is 2.62. The number of halogens is 3. The molecule has 7 heteroatoms. The lowest BCUT2D eigenvalue weighted by atomic mass is 10.1. The molecule has 1 aromatic heterocycles. The summed E-state index contributed by atoms with van der Waals surface area (Å²) in [7, 11) is 0. The number of benzene rings is 1. The van der Waals surface area contributed by atoms with Crippen molar-refractivity contribution in [2.24, 2.45) is 5.92 Å². The second-order valence-corrected chi connectivity index (χ2v) is 7.76. The molecule has 0 saturated heterocycles. The smallest absolute Gasteiger partial charge is 0.274 e. The van der Waals surface area contributed by atoms with Crippen molar-refractivity contribution in [3.63, 3.8) is 0 Å². The summed E-state index contributed by atoms with van der Waals surface area (Å²) in [6.45, 7) is 4.69. The Morgan fingerprint density at radius 2 is 1.93 bits per heavy atom. The first-order valence-electron chi connectivity index (χ1n) is 8.78. The molecule has 1 N–H and O–H groups in total. The largest absolute Gasteiger partial charge is 0.352 e. The van der Waals surface area contributed by atoms with Crippen LogP contribution in [-0.4, -0.2) is 23.2 Å². The maximum absolute atomic E-state index is 14.3. The monoisotopic (exact) mass is 396 g/mol. The fourth-order valence-electron chi connectivity index (χ4n) is 2.37. The number of thioether (sulfide) groups is 1. The standard InChI is InChI=1S/C20H23F3N2OS/c1-14(2)7-11-25-19(26)17-13-24-10-8-18(17)27-12-9-20(22,23)15-3-5-16(21)6-4-15/h3-6,8,10,13-14H,7,9,11-12H2,1-2H3,(H,25,26). The summed E-state index contributed by atoms with van der Waals surface area (Å²) in [5.74, 6) is -3.28. The van der Waals surface area contributed by atoms with Gasteiger partial charge in [0.2, 0.25) is 0 Å². The van der Waals surface area contributed by atoms with Gasteiger partial charge in [0.25, 0.3) is 11.8 Å². The molecule has 0 bridgehead atoms. The maximum atomic E-state index is 14.3. The molecule has 0 aliphatic rings. The van der Waals surface area contributed by atoms with E-state index in [-0.39, 0.29) is 17.2 Å². The molecule has 0 spiro atoms. The van der Waals surface area contributed by atoms with Crippen LogP contribution in [0.2, 0.25) is 0 Å². The molecule has 1 aromatic carbocycles. The van der Waals surface area contributed by atoms with E-state index < -0.39 is 18.2 Å². The molecular weight excluding hydrogens is 373 g/mol. The molecule has 146 valence electrons. The molecule has 2 aromatic rings. The van der Waals surface area contributed by atoms with E-state index >= 15 is 0 Å². The zero-order valence-electron chi connectivity index (χ0n) is 15.3. The minimum absolute atomic E-state index is 0.112. The highest BCUT2D eigenvalue weighted by molar-refractivity contribution is 7.99. The number of hydrogen-bond acceptors (Lipinski definition) is 3. The summed E-state index contributed by atoms with van der Waals surface area (Å²) in [5.41, 5.74) is 0.169. The highest BCUT2D eigenvalue weighted by atomic mass is 32.2. The van der Waals surface area contributed by atoms with Crippen LogP contribution < -0.4 is 5.32 Å². The lowest BCUT2D eigenvalue weighted by Crippen LogP contribution is -2.26. The molecule has 1 amide bonds. The van der Waals surface area contributed by atoms with Crippen molar-refractivity contribution < 1.29 is 18.0 Å². The van der Waals surface area contributed by atoms with Gasteiger partial charge in [0, 0.05) is 41.6 Å². The van der Waals surface area contributed by atoms with Crippen molar-refractivity contribution in [1.29, 1.82) is 0 Å². The van der Waals surface area contributed by atoms with Crippen LogP contribution in [0.15, 0.2) is 47.6 Å². The summed E-state index contributed by atoms with van der Waals surface area (Å²) in [5, 5.41) is 2.83. The Kier molecular flexibility index (Phi) is 7.71. The van der Waals surface area contributed by atoms with Crippen molar-refractivity contribution in [2.75, 3.05) is 12.3 Å². The van der Waals surface area contributed by atoms with Gasteiger partial charge in [0.1, 0.15) is 5.82 Å². The number of carbonyl (C=O) groups excluding carboxylic acids is 1. The predicted molar refractivity (Wildman–Crippen MR) is 102 cm³/mol. The minimum Gasteiger partial charge on any atom is -0.352 e. The Hall–Kier alpha value is -2.02. The first kappa shape index (κ1) is 21.3. The van der Waals surface area contributed by atoms with E-state index in [0.29, 0.717) is 22.9 Å². The Morgan fingerprint density at radius 3 is 2.59 bits per heavy atom. The minimum atomic E-state index is -3.06. The summed E-state index contributed by atoms with van der Waals surface area (Å²) < 4.78 is 41.4. The van der Waals surface area contributed by atoms with Gasteiger partial charge in [-0.25, -0.2) is 13.2 Å².